The Morgan fingerprint density at radius 2 is 1.79 bits per heavy atom. The van der Waals surface area contributed by atoms with Crippen molar-refractivity contribution in [3.05, 3.63) is 22.1 Å². The van der Waals surface area contributed by atoms with Crippen LogP contribution in [0.3, 0.4) is 0 Å². The minimum absolute atomic E-state index is 0.125. The van der Waals surface area contributed by atoms with E-state index in [-0.39, 0.29) is 22.5 Å². The number of rotatable bonds is 0. The molecule has 0 radical (unpaired) electrons. The summed E-state index contributed by atoms with van der Waals surface area (Å²) in [4.78, 5) is 19.1. The first-order chi connectivity index (χ1) is 8.51. The molecule has 2 rings (SSSR count). The van der Waals surface area contributed by atoms with E-state index in [1.54, 1.807) is 0 Å². The molecule has 0 saturated carbocycles. The van der Waals surface area contributed by atoms with Crippen molar-refractivity contribution < 1.29 is 0 Å². The van der Waals surface area contributed by atoms with Crippen LogP contribution in [0.25, 0.3) is 11.0 Å². The van der Waals surface area contributed by atoms with Crippen LogP contribution in [0.4, 0.5) is 5.95 Å². The Hall–Kier alpha value is -1.78. The van der Waals surface area contributed by atoms with E-state index < -0.39 is 0 Å². The second-order valence-corrected chi connectivity index (χ2v) is 6.98. The summed E-state index contributed by atoms with van der Waals surface area (Å²) in [7, 11) is 0. The molecule has 0 aliphatic heterocycles. The highest BCUT2D eigenvalue weighted by Gasteiger charge is 2.27. The second kappa shape index (κ2) is 3.85. The van der Waals surface area contributed by atoms with Crippen molar-refractivity contribution in [1.29, 1.82) is 0 Å². The summed E-state index contributed by atoms with van der Waals surface area (Å²) in [6.45, 7) is 12.5. The minimum Gasteiger partial charge on any atom is -0.369 e. The molecule has 0 fully saturated rings. The predicted molar refractivity (Wildman–Crippen MR) is 78.5 cm³/mol. The van der Waals surface area contributed by atoms with Crippen molar-refractivity contribution in [3.8, 4) is 0 Å². The number of hydrogen-bond acceptors (Lipinski definition) is 3. The quantitative estimate of drug-likeness (QED) is 0.765. The van der Waals surface area contributed by atoms with Gasteiger partial charge in [0.05, 0.1) is 5.39 Å². The second-order valence-electron chi connectivity index (χ2n) is 6.98. The van der Waals surface area contributed by atoms with E-state index in [1.807, 2.05) is 10.8 Å². The Labute approximate surface area is 112 Å². The van der Waals surface area contributed by atoms with Gasteiger partial charge in [-0.15, -0.1) is 0 Å². The number of aromatic nitrogens is 3. The lowest BCUT2D eigenvalue weighted by Crippen LogP contribution is -2.22. The Bertz CT molecular complexity index is 680. The van der Waals surface area contributed by atoms with Crippen LogP contribution >= 0.6 is 0 Å². The lowest BCUT2D eigenvalue weighted by atomic mass is 9.87. The largest absolute Gasteiger partial charge is 0.369 e. The molecule has 0 aromatic carbocycles. The predicted octanol–water partition coefficient (Wildman–Crippen LogP) is 2.36. The molecule has 104 valence electrons. The van der Waals surface area contributed by atoms with Gasteiger partial charge in [0, 0.05) is 11.7 Å². The Kier molecular flexibility index (Phi) is 2.77. The maximum Gasteiger partial charge on any atom is 0.262 e. The summed E-state index contributed by atoms with van der Waals surface area (Å²) in [6, 6.07) is 0. The van der Waals surface area contributed by atoms with Crippen LogP contribution < -0.4 is 11.3 Å². The lowest BCUT2D eigenvalue weighted by molar-refractivity contribution is 0.406. The third-order valence-corrected chi connectivity index (χ3v) is 3.21. The molecule has 0 unspecified atom stereocenters. The van der Waals surface area contributed by atoms with Gasteiger partial charge in [0.25, 0.3) is 5.56 Å². The van der Waals surface area contributed by atoms with Crippen molar-refractivity contribution in [2.24, 2.45) is 0 Å². The van der Waals surface area contributed by atoms with Crippen LogP contribution in [-0.4, -0.2) is 14.5 Å². The van der Waals surface area contributed by atoms with Gasteiger partial charge in [-0.1, -0.05) is 20.8 Å². The molecule has 3 N–H and O–H groups in total. The maximum atomic E-state index is 12.2. The monoisotopic (exact) mass is 262 g/mol. The molecule has 0 amide bonds. The number of nitrogen functional groups attached to an aromatic ring is 1. The highest BCUT2D eigenvalue weighted by atomic mass is 16.1. The molecule has 0 saturated heterocycles. The van der Waals surface area contributed by atoms with Gasteiger partial charge in [-0.05, 0) is 31.7 Å². The Balaban J connectivity index is 2.98. The highest BCUT2D eigenvalue weighted by Crippen LogP contribution is 2.32. The van der Waals surface area contributed by atoms with E-state index in [1.165, 1.54) is 0 Å². The highest BCUT2D eigenvalue weighted by molar-refractivity contribution is 5.81. The van der Waals surface area contributed by atoms with Crippen LogP contribution in [0.15, 0.2) is 11.0 Å². The maximum absolute atomic E-state index is 12.2. The average molecular weight is 262 g/mol. The normalized spacial score (nSPS) is 13.2. The van der Waals surface area contributed by atoms with Crippen molar-refractivity contribution >= 4 is 17.0 Å². The molecule has 0 aliphatic rings. The van der Waals surface area contributed by atoms with Gasteiger partial charge in [-0.2, -0.15) is 4.98 Å². The smallest absolute Gasteiger partial charge is 0.262 e. The van der Waals surface area contributed by atoms with E-state index in [0.29, 0.717) is 11.0 Å². The topological polar surface area (TPSA) is 76.7 Å². The van der Waals surface area contributed by atoms with E-state index in [9.17, 15) is 4.79 Å². The zero-order valence-electron chi connectivity index (χ0n) is 12.5. The molecular weight excluding hydrogens is 240 g/mol. The van der Waals surface area contributed by atoms with Crippen LogP contribution in [0.1, 0.15) is 47.1 Å². The van der Waals surface area contributed by atoms with Gasteiger partial charge >= 0.3 is 0 Å². The van der Waals surface area contributed by atoms with E-state index in [4.69, 9.17) is 5.73 Å². The van der Waals surface area contributed by atoms with Gasteiger partial charge < -0.3 is 10.3 Å². The summed E-state index contributed by atoms with van der Waals surface area (Å²) in [6.07, 6.45) is 2.02. The molecule has 2 aromatic rings. The zero-order chi connectivity index (χ0) is 14.6. The lowest BCUT2D eigenvalue weighted by Gasteiger charge is -2.22. The number of nitrogens with zero attached hydrogens (tertiary/aromatic N) is 2. The molecule has 19 heavy (non-hydrogen) atoms. The molecule has 0 bridgehead atoms. The summed E-state index contributed by atoms with van der Waals surface area (Å²) < 4.78 is 2.02. The molecular formula is C14H22N4O. The standard InChI is InChI=1S/C14H22N4O/c1-13(2,3)8-7-18(14(4,5)6)10-9(8)11(19)17-12(15)16-10/h7H,1-6H3,(H3,15,16,17,19). The van der Waals surface area contributed by atoms with E-state index in [2.05, 4.69) is 51.5 Å². The molecule has 2 heterocycles. The first kappa shape index (κ1) is 13.6. The summed E-state index contributed by atoms with van der Waals surface area (Å²) >= 11 is 0. The van der Waals surface area contributed by atoms with Gasteiger partial charge in [0.15, 0.2) is 0 Å². The van der Waals surface area contributed by atoms with Crippen LogP contribution in [-0.2, 0) is 11.0 Å². The number of anilines is 1. The van der Waals surface area contributed by atoms with Gasteiger partial charge in [-0.3, -0.25) is 9.78 Å². The van der Waals surface area contributed by atoms with Gasteiger partial charge in [-0.25, -0.2) is 0 Å². The minimum atomic E-state index is -0.171. The van der Waals surface area contributed by atoms with Crippen molar-refractivity contribution in [3.63, 3.8) is 0 Å². The molecule has 5 heteroatoms. The number of fused-ring (bicyclic) bond motifs is 1. The zero-order valence-corrected chi connectivity index (χ0v) is 12.5. The summed E-state index contributed by atoms with van der Waals surface area (Å²) in [5.74, 6) is 0.154. The van der Waals surface area contributed by atoms with Gasteiger partial charge in [0.2, 0.25) is 5.95 Å². The first-order valence-electron chi connectivity index (χ1n) is 6.43. The summed E-state index contributed by atoms with van der Waals surface area (Å²) in [5.41, 5.74) is 6.86. The SMILES string of the molecule is CC(C)(C)c1cn(C(C)(C)C)c2nc(N)[nH]c(=O)c12. The van der Waals surface area contributed by atoms with Crippen LogP contribution in [0.5, 0.6) is 0 Å². The fourth-order valence-electron chi connectivity index (χ4n) is 2.23. The first-order valence-corrected chi connectivity index (χ1v) is 6.43. The number of H-pyrrole nitrogens is 1. The molecule has 0 atom stereocenters. The number of hydrogen-bond donors (Lipinski definition) is 2. The molecule has 0 aliphatic carbocycles. The molecule has 5 nitrogen and oxygen atoms in total. The van der Waals surface area contributed by atoms with Gasteiger partial charge in [0.1, 0.15) is 5.65 Å². The van der Waals surface area contributed by atoms with Crippen LogP contribution in [0.2, 0.25) is 0 Å². The molecule has 0 spiro atoms. The van der Waals surface area contributed by atoms with E-state index >= 15 is 0 Å². The number of nitrogens with two attached hydrogens (primary N) is 1. The average Bonchev–Trinajstić information content (AvgIpc) is 2.55. The summed E-state index contributed by atoms with van der Waals surface area (Å²) in [5, 5.41) is 0.636. The number of nitrogens with one attached hydrogen (secondary N) is 1. The molecule has 2 aromatic heterocycles. The van der Waals surface area contributed by atoms with Crippen molar-refractivity contribution in [2.45, 2.75) is 52.5 Å². The van der Waals surface area contributed by atoms with Crippen molar-refractivity contribution in [2.75, 3.05) is 5.73 Å². The Morgan fingerprint density at radius 3 is 2.26 bits per heavy atom. The van der Waals surface area contributed by atoms with E-state index in [0.717, 1.165) is 5.56 Å². The van der Waals surface area contributed by atoms with Crippen LogP contribution in [0, 0.1) is 0 Å². The Morgan fingerprint density at radius 1 is 1.21 bits per heavy atom. The fourth-order valence-corrected chi connectivity index (χ4v) is 2.23. The fraction of sp³-hybridized carbons (Fsp3) is 0.571. The number of aromatic amines is 1. The third-order valence-electron chi connectivity index (χ3n) is 3.21. The third kappa shape index (κ3) is 2.25. The van der Waals surface area contributed by atoms with Crippen molar-refractivity contribution in [1.82, 2.24) is 14.5 Å².